The minimum absolute atomic E-state index is 0.101. The van der Waals surface area contributed by atoms with Crippen molar-refractivity contribution < 1.29 is 9.84 Å². The molecule has 1 aromatic carbocycles. The average Bonchev–Trinajstić information content (AvgIpc) is 2.90. The van der Waals surface area contributed by atoms with Crippen molar-refractivity contribution in [3.05, 3.63) is 65.3 Å². The fraction of sp³-hybridized carbons (Fsp3) is 0.538. The van der Waals surface area contributed by atoms with Crippen LogP contribution in [0.2, 0.25) is 0 Å². The third-order valence-electron chi connectivity index (χ3n) is 5.67. The predicted octanol–water partition coefficient (Wildman–Crippen LogP) is 6.82. The zero-order valence-electron chi connectivity index (χ0n) is 18.4. The Kier molecular flexibility index (Phi) is 8.12. The van der Waals surface area contributed by atoms with E-state index in [1.165, 1.54) is 49.7 Å². The summed E-state index contributed by atoms with van der Waals surface area (Å²) in [5.74, 6) is 0.863. The van der Waals surface area contributed by atoms with E-state index in [2.05, 4.69) is 69.4 Å². The molecular formula is C26H38O2. The number of aryl methyl sites for hydroxylation is 1. The van der Waals surface area contributed by atoms with E-state index >= 15 is 0 Å². The summed E-state index contributed by atoms with van der Waals surface area (Å²) in [5.41, 5.74) is 3.08. The van der Waals surface area contributed by atoms with Crippen LogP contribution in [-0.4, -0.2) is 17.3 Å². The van der Waals surface area contributed by atoms with E-state index in [-0.39, 0.29) is 5.41 Å². The lowest BCUT2D eigenvalue weighted by molar-refractivity contribution is 0.0282. The van der Waals surface area contributed by atoms with E-state index in [1.807, 2.05) is 0 Å². The maximum Gasteiger partial charge on any atom is 0.122 e. The first-order valence-corrected chi connectivity index (χ1v) is 10.7. The van der Waals surface area contributed by atoms with Crippen LogP contribution in [-0.2, 0) is 5.41 Å². The van der Waals surface area contributed by atoms with Crippen molar-refractivity contribution in [1.82, 2.24) is 0 Å². The quantitative estimate of drug-likeness (QED) is 0.414. The number of allylic oxidation sites excluding steroid dienone is 6. The molecule has 1 aliphatic rings. The highest BCUT2D eigenvalue weighted by atomic mass is 16.5. The second kappa shape index (κ2) is 10.1. The molecule has 0 radical (unpaired) electrons. The van der Waals surface area contributed by atoms with Crippen LogP contribution in [0.25, 0.3) is 0 Å². The molecule has 2 rings (SSSR count). The summed E-state index contributed by atoms with van der Waals surface area (Å²) in [6, 6.07) is 6.59. The lowest BCUT2D eigenvalue weighted by Gasteiger charge is -2.31. The normalized spacial score (nSPS) is 18.6. The van der Waals surface area contributed by atoms with Crippen molar-refractivity contribution in [1.29, 1.82) is 0 Å². The highest BCUT2D eigenvalue weighted by molar-refractivity contribution is 5.42. The molecule has 0 atom stereocenters. The van der Waals surface area contributed by atoms with Crippen LogP contribution in [0.3, 0.4) is 0 Å². The summed E-state index contributed by atoms with van der Waals surface area (Å²) < 4.78 is 5.85. The van der Waals surface area contributed by atoms with Crippen LogP contribution in [0, 0.1) is 6.92 Å². The van der Waals surface area contributed by atoms with Gasteiger partial charge in [0, 0.05) is 5.41 Å². The highest BCUT2D eigenvalue weighted by Gasteiger charge is 2.30. The van der Waals surface area contributed by atoms with Gasteiger partial charge in [-0.25, -0.2) is 0 Å². The van der Waals surface area contributed by atoms with E-state index in [4.69, 9.17) is 4.74 Å². The third kappa shape index (κ3) is 6.67. The van der Waals surface area contributed by atoms with Crippen LogP contribution in [0.1, 0.15) is 77.3 Å². The first-order valence-electron chi connectivity index (χ1n) is 10.7. The van der Waals surface area contributed by atoms with Gasteiger partial charge in [0.25, 0.3) is 0 Å². The number of aliphatic hydroxyl groups is 1. The van der Waals surface area contributed by atoms with Crippen LogP contribution in [0.5, 0.6) is 5.75 Å². The molecule has 2 heteroatoms. The first-order chi connectivity index (χ1) is 13.3. The van der Waals surface area contributed by atoms with E-state index in [9.17, 15) is 5.11 Å². The van der Waals surface area contributed by atoms with Crippen molar-refractivity contribution in [3.8, 4) is 5.75 Å². The molecule has 1 saturated carbocycles. The molecule has 0 amide bonds. The van der Waals surface area contributed by atoms with Gasteiger partial charge in [0.1, 0.15) is 12.4 Å². The molecule has 0 bridgehead atoms. The number of hydrogen-bond acceptors (Lipinski definition) is 2. The predicted molar refractivity (Wildman–Crippen MR) is 120 cm³/mol. The lowest BCUT2D eigenvalue weighted by atomic mass is 9.73. The molecule has 154 valence electrons. The van der Waals surface area contributed by atoms with Crippen LogP contribution in [0.15, 0.2) is 54.2 Å². The van der Waals surface area contributed by atoms with Crippen molar-refractivity contribution in [2.24, 2.45) is 0 Å². The molecule has 1 aliphatic carbocycles. The van der Waals surface area contributed by atoms with Gasteiger partial charge in [-0.2, -0.15) is 0 Å². The minimum atomic E-state index is -0.826. The van der Waals surface area contributed by atoms with Gasteiger partial charge in [0.2, 0.25) is 0 Å². The van der Waals surface area contributed by atoms with E-state index in [0.717, 1.165) is 11.3 Å². The lowest BCUT2D eigenvalue weighted by Crippen LogP contribution is -2.28. The Labute approximate surface area is 172 Å². The average molecular weight is 383 g/mol. The molecule has 1 aromatic rings. The number of ether oxygens (including phenoxy) is 1. The summed E-state index contributed by atoms with van der Waals surface area (Å²) in [5, 5.41) is 9.93. The molecule has 1 N–H and O–H groups in total. The van der Waals surface area contributed by atoms with E-state index in [1.54, 1.807) is 13.8 Å². The monoisotopic (exact) mass is 382 g/mol. The Bertz CT molecular complexity index is 708. The molecule has 0 saturated heterocycles. The zero-order valence-corrected chi connectivity index (χ0v) is 18.4. The summed E-state index contributed by atoms with van der Waals surface area (Å²) in [6.07, 6.45) is 18.7. The molecule has 2 nitrogen and oxygen atoms in total. The molecule has 0 unspecified atom stereocenters. The SMILES string of the molecule is C\C=C(C)/C=C\C=C\C1(c2ccc(OCC(C)(C)O)c(C)c2)CCCCCC1. The molecule has 0 heterocycles. The van der Waals surface area contributed by atoms with Crippen LogP contribution < -0.4 is 4.74 Å². The van der Waals surface area contributed by atoms with Gasteiger partial charge < -0.3 is 9.84 Å². The maximum absolute atomic E-state index is 9.93. The summed E-state index contributed by atoms with van der Waals surface area (Å²) in [4.78, 5) is 0. The largest absolute Gasteiger partial charge is 0.490 e. The van der Waals surface area contributed by atoms with Gasteiger partial charge in [-0.3, -0.25) is 0 Å². The molecule has 0 aromatic heterocycles. The standard InChI is InChI=1S/C26H38O2/c1-6-21(2)13-9-12-18-26(16-10-7-8-11-17-26)23-14-15-24(22(3)19-23)28-20-25(4,5)27/h6,9,12-15,18-19,27H,7-8,10-11,16-17,20H2,1-5H3/b13-9-,18-12+,21-6-. The van der Waals surface area contributed by atoms with E-state index in [0.29, 0.717) is 6.61 Å². The summed E-state index contributed by atoms with van der Waals surface area (Å²) in [7, 11) is 0. The topological polar surface area (TPSA) is 29.5 Å². The number of rotatable bonds is 7. The highest BCUT2D eigenvalue weighted by Crippen LogP contribution is 2.41. The second-order valence-electron chi connectivity index (χ2n) is 8.90. The van der Waals surface area contributed by atoms with Crippen molar-refractivity contribution >= 4 is 0 Å². The Morgan fingerprint density at radius 2 is 1.82 bits per heavy atom. The Morgan fingerprint density at radius 1 is 1.14 bits per heavy atom. The summed E-state index contributed by atoms with van der Waals surface area (Å²) in [6.45, 7) is 10.1. The van der Waals surface area contributed by atoms with Gasteiger partial charge in [-0.15, -0.1) is 0 Å². The van der Waals surface area contributed by atoms with Crippen LogP contribution in [0.4, 0.5) is 0 Å². The van der Waals surface area contributed by atoms with E-state index < -0.39 is 5.60 Å². The molecule has 0 spiro atoms. The van der Waals surface area contributed by atoms with Gasteiger partial charge >= 0.3 is 0 Å². The molecular weight excluding hydrogens is 344 g/mol. The minimum Gasteiger partial charge on any atom is -0.490 e. The van der Waals surface area contributed by atoms with Gasteiger partial charge in [-0.1, -0.05) is 73.8 Å². The van der Waals surface area contributed by atoms with Gasteiger partial charge in [0.15, 0.2) is 0 Å². The second-order valence-corrected chi connectivity index (χ2v) is 8.90. The number of benzene rings is 1. The first kappa shape index (κ1) is 22.5. The van der Waals surface area contributed by atoms with Gasteiger partial charge in [0.05, 0.1) is 5.60 Å². The molecule has 28 heavy (non-hydrogen) atoms. The zero-order chi connectivity index (χ0) is 20.6. The Morgan fingerprint density at radius 3 is 2.39 bits per heavy atom. The van der Waals surface area contributed by atoms with Gasteiger partial charge in [-0.05, 0) is 64.7 Å². The number of hydrogen-bond donors (Lipinski definition) is 1. The molecule has 1 fully saturated rings. The molecule has 0 aliphatic heterocycles. The Hall–Kier alpha value is -1.80. The van der Waals surface area contributed by atoms with Crippen LogP contribution >= 0.6 is 0 Å². The fourth-order valence-corrected chi connectivity index (χ4v) is 3.83. The smallest absolute Gasteiger partial charge is 0.122 e. The maximum atomic E-state index is 9.93. The summed E-state index contributed by atoms with van der Waals surface area (Å²) >= 11 is 0. The van der Waals surface area contributed by atoms with Crippen molar-refractivity contribution in [3.63, 3.8) is 0 Å². The third-order valence-corrected chi connectivity index (χ3v) is 5.67. The Balaban J connectivity index is 2.29. The van der Waals surface area contributed by atoms with Crippen molar-refractivity contribution in [2.75, 3.05) is 6.61 Å². The van der Waals surface area contributed by atoms with Crippen molar-refractivity contribution in [2.45, 2.75) is 84.2 Å². The fourth-order valence-electron chi connectivity index (χ4n) is 3.83.